The minimum absolute atomic E-state index is 0.515. The second kappa shape index (κ2) is 5.69. The van der Waals surface area contributed by atoms with Crippen LogP contribution in [0.2, 0.25) is 5.02 Å². The van der Waals surface area contributed by atoms with E-state index in [2.05, 4.69) is 20.9 Å². The number of pyridine rings is 1. The maximum atomic E-state index is 10.3. The number of aliphatic hydroxyl groups excluding tert-OH is 1. The Balaban J connectivity index is 2.36. The Kier molecular flexibility index (Phi) is 4.22. The molecule has 0 saturated carbocycles. The van der Waals surface area contributed by atoms with Crippen LogP contribution in [-0.4, -0.2) is 17.2 Å². The first-order chi connectivity index (χ1) is 8.61. The van der Waals surface area contributed by atoms with Crippen molar-refractivity contribution in [2.75, 3.05) is 7.11 Å². The van der Waals surface area contributed by atoms with Crippen LogP contribution in [0.1, 0.15) is 17.2 Å². The highest BCUT2D eigenvalue weighted by Gasteiger charge is 2.13. The zero-order valence-corrected chi connectivity index (χ0v) is 11.9. The molecule has 2 aromatic rings. The maximum Gasteiger partial charge on any atom is 0.137 e. The summed E-state index contributed by atoms with van der Waals surface area (Å²) in [6, 6.07) is 6.99. The first-order valence-electron chi connectivity index (χ1n) is 5.24. The number of rotatable bonds is 3. The standard InChI is InChI=1S/C13H11BrClNO2/c1-18-12-5-8(2-3-11(12)15)13(17)9-4-10(14)7-16-6-9/h2-7,13,17H,1H3. The lowest BCUT2D eigenvalue weighted by Crippen LogP contribution is -2.01. The second-order valence-electron chi connectivity index (χ2n) is 3.73. The number of hydrogen-bond donors (Lipinski definition) is 1. The summed E-state index contributed by atoms with van der Waals surface area (Å²) in [5.74, 6) is 0.538. The molecule has 0 aliphatic heterocycles. The molecule has 0 bridgehead atoms. The average molecular weight is 329 g/mol. The molecule has 94 valence electrons. The van der Waals surface area contributed by atoms with E-state index < -0.39 is 6.10 Å². The molecule has 18 heavy (non-hydrogen) atoms. The summed E-state index contributed by atoms with van der Waals surface area (Å²) in [7, 11) is 1.54. The Morgan fingerprint density at radius 2 is 2.06 bits per heavy atom. The zero-order chi connectivity index (χ0) is 13.1. The number of ether oxygens (including phenoxy) is 1. The van der Waals surface area contributed by atoms with E-state index in [-0.39, 0.29) is 0 Å². The molecule has 0 spiro atoms. The lowest BCUT2D eigenvalue weighted by atomic mass is 10.0. The van der Waals surface area contributed by atoms with Crippen molar-refractivity contribution in [2.45, 2.75) is 6.10 Å². The van der Waals surface area contributed by atoms with Crippen LogP contribution in [-0.2, 0) is 0 Å². The number of halogens is 2. The summed E-state index contributed by atoms with van der Waals surface area (Å²) in [5.41, 5.74) is 1.41. The molecular weight excluding hydrogens is 318 g/mol. The number of methoxy groups -OCH3 is 1. The second-order valence-corrected chi connectivity index (χ2v) is 5.06. The summed E-state index contributed by atoms with van der Waals surface area (Å²) >= 11 is 9.27. The predicted molar refractivity (Wildman–Crippen MR) is 74.0 cm³/mol. The van der Waals surface area contributed by atoms with E-state index in [1.165, 1.54) is 7.11 Å². The molecule has 0 amide bonds. The SMILES string of the molecule is COc1cc(C(O)c2cncc(Br)c2)ccc1Cl. The fourth-order valence-corrected chi connectivity index (χ4v) is 2.19. The van der Waals surface area contributed by atoms with E-state index in [1.54, 1.807) is 30.6 Å². The van der Waals surface area contributed by atoms with Gasteiger partial charge in [0.05, 0.1) is 12.1 Å². The van der Waals surface area contributed by atoms with Crippen molar-refractivity contribution in [3.05, 3.63) is 57.3 Å². The van der Waals surface area contributed by atoms with Gasteiger partial charge >= 0.3 is 0 Å². The predicted octanol–water partition coefficient (Wildman–Crippen LogP) is 3.59. The topological polar surface area (TPSA) is 42.4 Å². The largest absolute Gasteiger partial charge is 0.495 e. The summed E-state index contributed by atoms with van der Waals surface area (Å²) < 4.78 is 5.95. The van der Waals surface area contributed by atoms with Gasteiger partial charge in [-0.3, -0.25) is 4.98 Å². The van der Waals surface area contributed by atoms with E-state index in [0.717, 1.165) is 4.47 Å². The number of nitrogens with zero attached hydrogens (tertiary/aromatic N) is 1. The molecule has 0 aliphatic carbocycles. The van der Waals surface area contributed by atoms with Crippen molar-refractivity contribution in [1.82, 2.24) is 4.98 Å². The van der Waals surface area contributed by atoms with E-state index in [1.807, 2.05) is 6.07 Å². The Hall–Kier alpha value is -1.10. The van der Waals surface area contributed by atoms with Gasteiger partial charge in [-0.2, -0.15) is 0 Å². The van der Waals surface area contributed by atoms with Gasteiger partial charge in [-0.1, -0.05) is 17.7 Å². The number of aliphatic hydroxyl groups is 1. The highest BCUT2D eigenvalue weighted by molar-refractivity contribution is 9.10. The smallest absolute Gasteiger partial charge is 0.137 e. The molecule has 1 N–H and O–H groups in total. The van der Waals surface area contributed by atoms with Gasteiger partial charge in [0.25, 0.3) is 0 Å². The van der Waals surface area contributed by atoms with Gasteiger partial charge in [0.15, 0.2) is 0 Å². The van der Waals surface area contributed by atoms with Crippen molar-refractivity contribution in [3.63, 3.8) is 0 Å². The van der Waals surface area contributed by atoms with Gasteiger partial charge in [-0.15, -0.1) is 0 Å². The molecule has 1 atom stereocenters. The van der Waals surface area contributed by atoms with Gasteiger partial charge in [0.1, 0.15) is 11.9 Å². The summed E-state index contributed by atoms with van der Waals surface area (Å²) in [6.45, 7) is 0. The van der Waals surface area contributed by atoms with E-state index >= 15 is 0 Å². The fourth-order valence-electron chi connectivity index (χ4n) is 1.62. The van der Waals surface area contributed by atoms with Crippen LogP contribution in [0.4, 0.5) is 0 Å². The van der Waals surface area contributed by atoms with Crippen LogP contribution < -0.4 is 4.74 Å². The lowest BCUT2D eigenvalue weighted by Gasteiger charge is -2.13. The minimum Gasteiger partial charge on any atom is -0.495 e. The van der Waals surface area contributed by atoms with E-state index in [4.69, 9.17) is 16.3 Å². The molecule has 0 saturated heterocycles. The molecular formula is C13H11BrClNO2. The molecule has 1 heterocycles. The molecule has 0 aliphatic rings. The molecule has 0 radical (unpaired) electrons. The quantitative estimate of drug-likeness (QED) is 0.936. The number of aromatic nitrogens is 1. The third-order valence-corrected chi connectivity index (χ3v) is 3.28. The third kappa shape index (κ3) is 2.83. The summed E-state index contributed by atoms with van der Waals surface area (Å²) in [4.78, 5) is 4.03. The number of benzene rings is 1. The van der Waals surface area contributed by atoms with Crippen molar-refractivity contribution in [3.8, 4) is 5.75 Å². The van der Waals surface area contributed by atoms with Crippen molar-refractivity contribution < 1.29 is 9.84 Å². The molecule has 2 rings (SSSR count). The third-order valence-electron chi connectivity index (χ3n) is 2.53. The van der Waals surface area contributed by atoms with Crippen LogP contribution in [0.3, 0.4) is 0 Å². The summed E-state index contributed by atoms with van der Waals surface area (Å²) in [5, 5.41) is 10.8. The molecule has 1 aromatic heterocycles. The molecule has 0 fully saturated rings. The van der Waals surface area contributed by atoms with Crippen molar-refractivity contribution >= 4 is 27.5 Å². The lowest BCUT2D eigenvalue weighted by molar-refractivity contribution is 0.219. The van der Waals surface area contributed by atoms with Gasteiger partial charge in [0.2, 0.25) is 0 Å². The first kappa shape index (κ1) is 13.3. The van der Waals surface area contributed by atoms with E-state index in [9.17, 15) is 5.11 Å². The van der Waals surface area contributed by atoms with Crippen LogP contribution in [0.5, 0.6) is 5.75 Å². The molecule has 5 heteroatoms. The average Bonchev–Trinajstić information content (AvgIpc) is 2.38. The zero-order valence-electron chi connectivity index (χ0n) is 9.60. The van der Waals surface area contributed by atoms with Crippen molar-refractivity contribution in [2.24, 2.45) is 0 Å². The van der Waals surface area contributed by atoms with Gasteiger partial charge in [-0.05, 0) is 39.7 Å². The fraction of sp³-hybridized carbons (Fsp3) is 0.154. The first-order valence-corrected chi connectivity index (χ1v) is 6.41. The van der Waals surface area contributed by atoms with Crippen LogP contribution in [0.15, 0.2) is 41.1 Å². The van der Waals surface area contributed by atoms with Gasteiger partial charge in [0, 0.05) is 22.4 Å². The van der Waals surface area contributed by atoms with Crippen LogP contribution >= 0.6 is 27.5 Å². The normalized spacial score (nSPS) is 12.2. The highest BCUT2D eigenvalue weighted by atomic mass is 79.9. The monoisotopic (exact) mass is 327 g/mol. The molecule has 3 nitrogen and oxygen atoms in total. The Bertz CT molecular complexity index is 562. The van der Waals surface area contributed by atoms with Crippen LogP contribution in [0, 0.1) is 0 Å². The maximum absolute atomic E-state index is 10.3. The van der Waals surface area contributed by atoms with E-state index in [0.29, 0.717) is 21.9 Å². The Labute approximate surface area is 119 Å². The Morgan fingerprint density at radius 1 is 1.28 bits per heavy atom. The summed E-state index contributed by atoms with van der Waals surface area (Å²) in [6.07, 6.45) is 2.52. The molecule has 1 unspecified atom stereocenters. The minimum atomic E-state index is -0.763. The van der Waals surface area contributed by atoms with Crippen LogP contribution in [0.25, 0.3) is 0 Å². The number of hydrogen-bond acceptors (Lipinski definition) is 3. The van der Waals surface area contributed by atoms with Crippen molar-refractivity contribution in [1.29, 1.82) is 0 Å². The Morgan fingerprint density at radius 3 is 2.72 bits per heavy atom. The highest BCUT2D eigenvalue weighted by Crippen LogP contribution is 2.30. The van der Waals surface area contributed by atoms with Gasteiger partial charge in [-0.25, -0.2) is 0 Å². The molecule has 1 aromatic carbocycles. The van der Waals surface area contributed by atoms with Gasteiger partial charge < -0.3 is 9.84 Å².